The van der Waals surface area contributed by atoms with Crippen molar-refractivity contribution in [2.75, 3.05) is 0 Å². The average molecular weight is 323 g/mol. The Labute approximate surface area is 128 Å². The van der Waals surface area contributed by atoms with Crippen LogP contribution in [-0.2, 0) is 15.4 Å². The number of thiophene rings is 1. The van der Waals surface area contributed by atoms with E-state index < -0.39 is 15.9 Å². The van der Waals surface area contributed by atoms with Gasteiger partial charge in [-0.05, 0) is 34.6 Å². The molecular weight excluding hydrogens is 306 g/mol. The van der Waals surface area contributed by atoms with E-state index in [2.05, 4.69) is 25.5 Å². The van der Waals surface area contributed by atoms with Gasteiger partial charge in [-0.3, -0.25) is 4.79 Å². The van der Waals surface area contributed by atoms with Gasteiger partial charge in [-0.15, -0.1) is 11.3 Å². The van der Waals surface area contributed by atoms with E-state index in [1.54, 1.807) is 23.6 Å². The van der Waals surface area contributed by atoms with Gasteiger partial charge in [0.25, 0.3) is 15.9 Å². The first kappa shape index (κ1) is 15.7. The van der Waals surface area contributed by atoms with Crippen LogP contribution in [0.3, 0.4) is 0 Å². The number of hydrogen-bond donors (Lipinski definition) is 1. The van der Waals surface area contributed by atoms with Crippen LogP contribution in [0, 0.1) is 0 Å². The molecule has 6 heteroatoms. The molecule has 2 aromatic rings. The van der Waals surface area contributed by atoms with Gasteiger partial charge >= 0.3 is 0 Å². The maximum absolute atomic E-state index is 12.0. The number of carbonyl (C=O) groups is 1. The molecule has 0 spiro atoms. The third kappa shape index (κ3) is 3.71. The summed E-state index contributed by atoms with van der Waals surface area (Å²) in [4.78, 5) is 12.0. The molecule has 0 aliphatic carbocycles. The molecule has 1 heterocycles. The number of benzene rings is 1. The third-order valence-corrected chi connectivity index (χ3v) is 5.73. The molecule has 0 saturated carbocycles. The second-order valence-electron chi connectivity index (χ2n) is 5.69. The minimum absolute atomic E-state index is 0.0158. The predicted octanol–water partition coefficient (Wildman–Crippen LogP) is 3.16. The summed E-state index contributed by atoms with van der Waals surface area (Å²) in [6.45, 7) is 6.22. The van der Waals surface area contributed by atoms with Gasteiger partial charge in [0.2, 0.25) is 0 Å². The molecule has 0 aliphatic heterocycles. The van der Waals surface area contributed by atoms with Crippen LogP contribution in [0.1, 0.15) is 36.7 Å². The van der Waals surface area contributed by atoms with Gasteiger partial charge < -0.3 is 0 Å². The molecule has 0 saturated heterocycles. The normalized spacial score (nSPS) is 12.1. The first-order valence-electron chi connectivity index (χ1n) is 6.41. The van der Waals surface area contributed by atoms with E-state index in [1.807, 2.05) is 12.1 Å². The Morgan fingerprint density at radius 2 is 1.71 bits per heavy atom. The number of sulfonamides is 1. The van der Waals surface area contributed by atoms with E-state index in [9.17, 15) is 13.2 Å². The molecular formula is C15H17NO3S2. The Morgan fingerprint density at radius 3 is 2.19 bits per heavy atom. The maximum Gasteiger partial charge on any atom is 0.273 e. The highest BCUT2D eigenvalue weighted by Crippen LogP contribution is 2.22. The van der Waals surface area contributed by atoms with Crippen LogP contribution in [0.15, 0.2) is 46.0 Å². The molecule has 0 radical (unpaired) electrons. The van der Waals surface area contributed by atoms with E-state index in [1.165, 1.54) is 6.07 Å². The molecule has 0 fully saturated rings. The van der Waals surface area contributed by atoms with E-state index in [0.29, 0.717) is 5.56 Å². The van der Waals surface area contributed by atoms with Crippen molar-refractivity contribution in [1.82, 2.24) is 4.72 Å². The molecule has 21 heavy (non-hydrogen) atoms. The van der Waals surface area contributed by atoms with Crippen LogP contribution in [0.25, 0.3) is 0 Å². The first-order chi connectivity index (χ1) is 9.70. The lowest BCUT2D eigenvalue weighted by Gasteiger charge is -2.19. The lowest BCUT2D eigenvalue weighted by Crippen LogP contribution is -2.30. The van der Waals surface area contributed by atoms with E-state index in [0.717, 1.165) is 16.9 Å². The van der Waals surface area contributed by atoms with Gasteiger partial charge in [-0.1, -0.05) is 39.0 Å². The summed E-state index contributed by atoms with van der Waals surface area (Å²) in [5.74, 6) is -0.621. The van der Waals surface area contributed by atoms with Crippen LogP contribution >= 0.6 is 11.3 Å². The number of carbonyl (C=O) groups excluding carboxylic acids is 1. The molecule has 4 nitrogen and oxygen atoms in total. The Hall–Kier alpha value is -1.66. The number of hydrogen-bond acceptors (Lipinski definition) is 4. The monoisotopic (exact) mass is 323 g/mol. The Balaban J connectivity index is 2.18. The lowest BCUT2D eigenvalue weighted by molar-refractivity contribution is 0.0981. The molecule has 112 valence electrons. The number of nitrogens with one attached hydrogen (secondary N) is 1. The van der Waals surface area contributed by atoms with Crippen LogP contribution < -0.4 is 4.72 Å². The average Bonchev–Trinajstić information content (AvgIpc) is 2.92. The smallest absolute Gasteiger partial charge is 0.268 e. The molecule has 0 atom stereocenters. The van der Waals surface area contributed by atoms with E-state index >= 15 is 0 Å². The largest absolute Gasteiger partial charge is 0.273 e. The van der Waals surface area contributed by atoms with Crippen molar-refractivity contribution >= 4 is 27.3 Å². The zero-order valence-electron chi connectivity index (χ0n) is 12.1. The Bertz CT molecular complexity index is 724. The van der Waals surface area contributed by atoms with Gasteiger partial charge in [-0.2, -0.15) is 0 Å². The zero-order valence-corrected chi connectivity index (χ0v) is 13.7. The van der Waals surface area contributed by atoms with E-state index in [-0.39, 0.29) is 9.62 Å². The fraction of sp³-hybridized carbons (Fsp3) is 0.267. The zero-order chi connectivity index (χ0) is 15.7. The molecule has 1 amide bonds. The summed E-state index contributed by atoms with van der Waals surface area (Å²) in [6.07, 6.45) is 0. The van der Waals surface area contributed by atoms with Crippen molar-refractivity contribution < 1.29 is 13.2 Å². The summed E-state index contributed by atoms with van der Waals surface area (Å²) in [5, 5.41) is 1.65. The SMILES string of the molecule is CC(C)(C)c1ccc(C(=O)NS(=O)(=O)c2cccs2)cc1. The van der Waals surface area contributed by atoms with Crippen molar-refractivity contribution in [1.29, 1.82) is 0 Å². The summed E-state index contributed by atoms with van der Waals surface area (Å²) >= 11 is 1.07. The quantitative estimate of drug-likeness (QED) is 0.943. The van der Waals surface area contributed by atoms with Crippen molar-refractivity contribution in [3.05, 3.63) is 52.9 Å². The highest BCUT2D eigenvalue weighted by atomic mass is 32.2. The summed E-state index contributed by atoms with van der Waals surface area (Å²) in [5.41, 5.74) is 1.39. The van der Waals surface area contributed by atoms with Crippen molar-refractivity contribution in [2.45, 2.75) is 30.4 Å². The number of rotatable bonds is 3. The maximum atomic E-state index is 12.0. The first-order valence-corrected chi connectivity index (χ1v) is 8.78. The minimum atomic E-state index is -3.78. The van der Waals surface area contributed by atoms with Gasteiger partial charge in [0, 0.05) is 5.56 Å². The second kappa shape index (κ2) is 5.61. The van der Waals surface area contributed by atoms with Crippen LogP contribution in [0.5, 0.6) is 0 Å². The Kier molecular flexibility index (Phi) is 4.20. The molecule has 1 aromatic heterocycles. The van der Waals surface area contributed by atoms with Gasteiger partial charge in [0.15, 0.2) is 0 Å². The highest BCUT2D eigenvalue weighted by molar-refractivity contribution is 7.92. The fourth-order valence-electron chi connectivity index (χ4n) is 1.77. The summed E-state index contributed by atoms with van der Waals surface area (Å²) in [6, 6.07) is 10.0. The molecule has 0 aliphatic rings. The standard InChI is InChI=1S/C15H17NO3S2/c1-15(2,3)12-8-6-11(7-9-12)14(17)16-21(18,19)13-5-4-10-20-13/h4-10H,1-3H3,(H,16,17). The van der Waals surface area contributed by atoms with Crippen LogP contribution in [-0.4, -0.2) is 14.3 Å². The van der Waals surface area contributed by atoms with Crippen LogP contribution in [0.4, 0.5) is 0 Å². The molecule has 0 unspecified atom stereocenters. The third-order valence-electron chi connectivity index (χ3n) is 3.00. The second-order valence-corrected chi connectivity index (χ2v) is 8.55. The van der Waals surface area contributed by atoms with Crippen molar-refractivity contribution in [3.63, 3.8) is 0 Å². The van der Waals surface area contributed by atoms with Crippen molar-refractivity contribution in [3.8, 4) is 0 Å². The molecule has 1 aromatic carbocycles. The van der Waals surface area contributed by atoms with Gasteiger partial charge in [0.05, 0.1) is 0 Å². The minimum Gasteiger partial charge on any atom is -0.268 e. The highest BCUT2D eigenvalue weighted by Gasteiger charge is 2.20. The fourth-order valence-corrected chi connectivity index (χ4v) is 3.74. The van der Waals surface area contributed by atoms with Gasteiger partial charge in [-0.25, -0.2) is 13.1 Å². The van der Waals surface area contributed by atoms with Crippen LogP contribution in [0.2, 0.25) is 0 Å². The molecule has 2 rings (SSSR count). The molecule has 0 bridgehead atoms. The van der Waals surface area contributed by atoms with Gasteiger partial charge in [0.1, 0.15) is 4.21 Å². The Morgan fingerprint density at radius 1 is 1.10 bits per heavy atom. The molecule has 1 N–H and O–H groups in total. The predicted molar refractivity (Wildman–Crippen MR) is 84.1 cm³/mol. The van der Waals surface area contributed by atoms with Crippen molar-refractivity contribution in [2.24, 2.45) is 0 Å². The summed E-state index contributed by atoms with van der Waals surface area (Å²) < 4.78 is 26.2. The summed E-state index contributed by atoms with van der Waals surface area (Å²) in [7, 11) is -3.78. The topological polar surface area (TPSA) is 63.2 Å². The lowest BCUT2D eigenvalue weighted by atomic mass is 9.87. The number of amides is 1. The van der Waals surface area contributed by atoms with E-state index in [4.69, 9.17) is 0 Å².